The Morgan fingerprint density at radius 2 is 1.66 bits per heavy atom. The summed E-state index contributed by atoms with van der Waals surface area (Å²) in [6.07, 6.45) is -2.44. The largest absolute Gasteiger partial charge is 0.492 e. The number of thioether (sulfide) groups is 1. The van der Waals surface area contributed by atoms with Crippen LogP contribution in [0.3, 0.4) is 0 Å². The van der Waals surface area contributed by atoms with Crippen molar-refractivity contribution in [3.8, 4) is 5.75 Å². The summed E-state index contributed by atoms with van der Waals surface area (Å²) in [5.41, 5.74) is -2.40. The Balaban J connectivity index is 1.17. The molecule has 1 saturated heterocycles. The van der Waals surface area contributed by atoms with E-state index in [-0.39, 0.29) is 30.7 Å². The number of aromatic nitrogens is 1. The van der Waals surface area contributed by atoms with Gasteiger partial charge in [0.15, 0.2) is 0 Å². The Labute approximate surface area is 337 Å². The average Bonchev–Trinajstić information content (AvgIpc) is 3.99. The van der Waals surface area contributed by atoms with Crippen molar-refractivity contribution in [1.82, 2.24) is 20.5 Å². The second-order valence-electron chi connectivity index (χ2n) is 13.3. The number of carbonyl (C=O) groups is 5. The van der Waals surface area contributed by atoms with Crippen molar-refractivity contribution in [1.29, 1.82) is 0 Å². The molecule has 1 fully saturated rings. The number of nitrogens with zero attached hydrogens (tertiary/aromatic N) is 5. The van der Waals surface area contributed by atoms with Gasteiger partial charge in [-0.15, -0.1) is 10.2 Å². The fourth-order valence-corrected chi connectivity index (χ4v) is 6.75. The number of benzene rings is 2. The van der Waals surface area contributed by atoms with Gasteiger partial charge in [0.25, 0.3) is 17.1 Å². The van der Waals surface area contributed by atoms with Crippen LogP contribution >= 0.6 is 11.8 Å². The van der Waals surface area contributed by atoms with Crippen molar-refractivity contribution >= 4 is 46.4 Å². The van der Waals surface area contributed by atoms with E-state index in [0.29, 0.717) is 67.4 Å². The average molecular weight is 828 g/mol. The van der Waals surface area contributed by atoms with Crippen LogP contribution in [0.15, 0.2) is 83.2 Å². The number of likely N-dealkylation sites (N-methyl/N-ethyl adjacent to an activating group) is 1. The van der Waals surface area contributed by atoms with Gasteiger partial charge in [0, 0.05) is 44.1 Å². The third kappa shape index (κ3) is 11.6. The molecule has 0 radical (unpaired) electrons. The predicted molar refractivity (Wildman–Crippen MR) is 206 cm³/mol. The lowest BCUT2D eigenvalue weighted by Crippen LogP contribution is -2.50. The van der Waals surface area contributed by atoms with E-state index in [2.05, 4.69) is 25.8 Å². The minimum absolute atomic E-state index is 0.0992. The number of imide groups is 3. The van der Waals surface area contributed by atoms with Crippen LogP contribution in [-0.4, -0.2) is 109 Å². The van der Waals surface area contributed by atoms with E-state index < -0.39 is 58.4 Å². The van der Waals surface area contributed by atoms with Gasteiger partial charge in [-0.1, -0.05) is 49.0 Å². The van der Waals surface area contributed by atoms with Gasteiger partial charge in [0.1, 0.15) is 24.2 Å². The molecule has 2 aromatic carbocycles. The van der Waals surface area contributed by atoms with E-state index in [1.54, 1.807) is 30.5 Å². The minimum Gasteiger partial charge on any atom is -0.492 e. The van der Waals surface area contributed by atoms with Gasteiger partial charge >= 0.3 is 11.8 Å². The predicted octanol–water partition coefficient (Wildman–Crippen LogP) is 5.05. The number of hydrogen-bond acceptors (Lipinski definition) is 13. The molecule has 19 heteroatoms. The summed E-state index contributed by atoms with van der Waals surface area (Å²) >= 11 is 0.676. The molecule has 5 amide bonds. The van der Waals surface area contributed by atoms with Crippen molar-refractivity contribution in [2.24, 2.45) is 10.2 Å². The SMILES string of the molecule is CCCOCCOCCCNC(=O)[C@@H](CC(=O)N1C(=O)SC(Cc2ccc(OCCN(C)c3ccccn3)cc2)C1=O)NC(=O)c1ccc(C2(C(F)(F)F)N=N2)cc1. The normalized spacial score (nSPS) is 16.2. The van der Waals surface area contributed by atoms with Crippen molar-refractivity contribution < 1.29 is 51.4 Å². The number of halogens is 3. The van der Waals surface area contributed by atoms with Crippen LogP contribution in [-0.2, 0) is 35.9 Å². The number of pyridine rings is 1. The smallest absolute Gasteiger partial charge is 0.442 e. The van der Waals surface area contributed by atoms with Crippen molar-refractivity contribution in [2.75, 3.05) is 58.1 Å². The van der Waals surface area contributed by atoms with Crippen LogP contribution in [0.4, 0.5) is 23.8 Å². The van der Waals surface area contributed by atoms with Gasteiger partial charge in [0.05, 0.1) is 31.4 Å². The zero-order valence-corrected chi connectivity index (χ0v) is 32.7. The Hall–Kier alpha value is -5.40. The third-order valence-electron chi connectivity index (χ3n) is 8.98. The number of rotatable bonds is 22. The molecular formula is C39H44F3N7O8S. The molecule has 1 unspecified atom stereocenters. The second kappa shape index (κ2) is 20.3. The molecule has 5 rings (SSSR count). The first-order valence-corrected chi connectivity index (χ1v) is 19.5. The molecule has 0 saturated carbocycles. The van der Waals surface area contributed by atoms with Gasteiger partial charge in [-0.3, -0.25) is 24.0 Å². The van der Waals surface area contributed by atoms with Crippen LogP contribution < -0.4 is 20.3 Å². The monoisotopic (exact) mass is 827 g/mol. The van der Waals surface area contributed by atoms with Crippen LogP contribution in [0.5, 0.6) is 5.75 Å². The van der Waals surface area contributed by atoms with Crippen molar-refractivity contribution in [3.05, 3.63) is 89.6 Å². The number of amides is 5. The highest BCUT2D eigenvalue weighted by atomic mass is 32.2. The summed E-state index contributed by atoms with van der Waals surface area (Å²) in [7, 11) is 1.90. The van der Waals surface area contributed by atoms with Gasteiger partial charge < -0.3 is 29.7 Å². The summed E-state index contributed by atoms with van der Waals surface area (Å²) in [6.45, 7) is 4.72. The van der Waals surface area contributed by atoms with Crippen molar-refractivity contribution in [2.45, 2.75) is 55.7 Å². The highest BCUT2D eigenvalue weighted by molar-refractivity contribution is 8.15. The van der Waals surface area contributed by atoms with E-state index in [9.17, 15) is 37.1 Å². The Kier molecular flexibility index (Phi) is 15.3. The summed E-state index contributed by atoms with van der Waals surface area (Å²) in [5, 5.41) is 9.59. The maximum Gasteiger partial charge on any atom is 0.442 e. The standard InChI is InChI=1S/C39H44F3N7O8S/c1-3-19-55-22-23-56-20-6-17-44-35(52)30(45-34(51)27-10-12-28(13-11-27)38(46-47-38)39(40,41)42)25-33(50)49-36(53)31(58-37(49)54)24-26-8-14-29(15-9-26)57-21-18-48(2)32-7-4-5-16-43-32/h4-5,7-16,30-31H,3,6,17-25H2,1-2H3,(H,44,52)(H,45,51)/t30-,31?/m1/s1. The highest BCUT2D eigenvalue weighted by Gasteiger charge is 2.65. The fraction of sp³-hybridized carbons (Fsp3) is 0.436. The lowest BCUT2D eigenvalue weighted by molar-refractivity contribution is -0.166. The summed E-state index contributed by atoms with van der Waals surface area (Å²) < 4.78 is 57.1. The third-order valence-corrected chi connectivity index (χ3v) is 10.0. The van der Waals surface area contributed by atoms with Crippen LogP contribution in [0, 0.1) is 0 Å². The van der Waals surface area contributed by atoms with E-state index in [1.165, 1.54) is 0 Å². The van der Waals surface area contributed by atoms with Gasteiger partial charge in [-0.25, -0.2) is 9.88 Å². The Morgan fingerprint density at radius 1 is 0.948 bits per heavy atom. The molecule has 15 nitrogen and oxygen atoms in total. The molecule has 58 heavy (non-hydrogen) atoms. The molecular weight excluding hydrogens is 784 g/mol. The summed E-state index contributed by atoms with van der Waals surface area (Å²) in [4.78, 5) is 73.2. The lowest BCUT2D eigenvalue weighted by Gasteiger charge is -2.20. The number of carbonyl (C=O) groups excluding carboxylic acids is 5. The quantitative estimate of drug-likeness (QED) is 0.130. The van der Waals surface area contributed by atoms with Crippen LogP contribution in [0.25, 0.3) is 0 Å². The number of anilines is 1. The Bertz CT molecular complexity index is 1910. The first kappa shape index (κ1) is 43.7. The van der Waals surface area contributed by atoms with E-state index in [1.807, 2.05) is 37.1 Å². The highest BCUT2D eigenvalue weighted by Crippen LogP contribution is 2.52. The Morgan fingerprint density at radius 3 is 2.29 bits per heavy atom. The molecule has 3 aromatic rings. The summed E-state index contributed by atoms with van der Waals surface area (Å²) in [5.74, 6) is -2.05. The van der Waals surface area contributed by atoms with Gasteiger partial charge in [-0.05, 0) is 61.2 Å². The molecule has 310 valence electrons. The van der Waals surface area contributed by atoms with Gasteiger partial charge in [-0.2, -0.15) is 13.2 Å². The first-order chi connectivity index (χ1) is 27.8. The fourth-order valence-electron chi connectivity index (χ4n) is 5.73. The maximum absolute atomic E-state index is 13.5. The maximum atomic E-state index is 13.5. The van der Waals surface area contributed by atoms with E-state index in [0.717, 1.165) is 36.5 Å². The number of hydrogen-bond donors (Lipinski definition) is 2. The summed E-state index contributed by atoms with van der Waals surface area (Å²) in [6, 6.07) is 15.4. The zero-order chi connectivity index (χ0) is 41.7. The molecule has 0 aliphatic carbocycles. The van der Waals surface area contributed by atoms with Gasteiger partial charge in [0.2, 0.25) is 11.8 Å². The molecule has 2 N–H and O–H groups in total. The van der Waals surface area contributed by atoms with Crippen LogP contribution in [0.1, 0.15) is 47.7 Å². The molecule has 0 bridgehead atoms. The van der Waals surface area contributed by atoms with E-state index >= 15 is 0 Å². The van der Waals surface area contributed by atoms with Crippen molar-refractivity contribution in [3.63, 3.8) is 0 Å². The molecule has 1 aromatic heterocycles. The first-order valence-electron chi connectivity index (χ1n) is 18.6. The van der Waals surface area contributed by atoms with Crippen LogP contribution in [0.2, 0.25) is 0 Å². The lowest BCUT2D eigenvalue weighted by atomic mass is 10.0. The molecule has 3 heterocycles. The molecule has 2 atom stereocenters. The zero-order valence-electron chi connectivity index (χ0n) is 31.9. The number of ether oxygens (including phenoxy) is 3. The molecule has 2 aliphatic rings. The molecule has 0 spiro atoms. The second-order valence-corrected chi connectivity index (χ2v) is 14.4. The minimum atomic E-state index is -4.77. The topological polar surface area (TPSA) is 181 Å². The number of nitrogens with one attached hydrogen (secondary N) is 2. The van der Waals surface area contributed by atoms with E-state index in [4.69, 9.17) is 14.2 Å². The molecule has 2 aliphatic heterocycles. The number of alkyl halides is 3.